The van der Waals surface area contributed by atoms with Crippen molar-refractivity contribution in [3.8, 4) is 33.6 Å². The first-order valence-electron chi connectivity index (χ1n) is 23.2. The molecule has 0 aliphatic carbocycles. The molecule has 4 heteroatoms. The minimum absolute atomic E-state index is 0.873. The summed E-state index contributed by atoms with van der Waals surface area (Å²) in [6.07, 6.45) is 0. The molecule has 11 aromatic carbocycles. The van der Waals surface area contributed by atoms with Crippen LogP contribution in [0.5, 0.6) is 0 Å². The summed E-state index contributed by atoms with van der Waals surface area (Å²) >= 11 is 0. The predicted molar refractivity (Wildman–Crippen MR) is 285 cm³/mol. The van der Waals surface area contributed by atoms with Crippen LogP contribution >= 0.6 is 0 Å². The number of benzene rings is 11. The van der Waals surface area contributed by atoms with Crippen LogP contribution in [-0.2, 0) is 0 Å². The maximum atomic E-state index is 6.35. The van der Waals surface area contributed by atoms with E-state index in [-0.39, 0.29) is 0 Å². The topological polar surface area (TPSA) is 26.2 Å². The Morgan fingerprint density at radius 3 is 1.54 bits per heavy atom. The number of hydrogen-bond acceptors (Lipinski definition) is 2. The maximum Gasteiger partial charge on any atom is 0.135 e. The van der Waals surface area contributed by atoms with Crippen LogP contribution in [0.25, 0.3) is 110 Å². The fourth-order valence-corrected chi connectivity index (χ4v) is 10.8. The maximum absolute atomic E-state index is 6.35. The Balaban J connectivity index is 0.926. The quantitative estimate of drug-likeness (QED) is 0.160. The molecule has 4 nitrogen and oxygen atoms in total. The molecule has 318 valence electrons. The summed E-state index contributed by atoms with van der Waals surface area (Å²) in [6.45, 7) is 0. The Morgan fingerprint density at radius 2 is 0.809 bits per heavy atom. The lowest BCUT2D eigenvalue weighted by molar-refractivity contribution is 0.669. The van der Waals surface area contributed by atoms with Crippen LogP contribution in [0.4, 0.5) is 17.1 Å². The number of aromatic nitrogens is 2. The Labute approximate surface area is 392 Å². The minimum atomic E-state index is 0.873. The minimum Gasteiger partial charge on any atom is -0.456 e. The molecule has 68 heavy (non-hydrogen) atoms. The van der Waals surface area contributed by atoms with Crippen LogP contribution < -0.4 is 4.90 Å². The first kappa shape index (κ1) is 38.2. The lowest BCUT2D eigenvalue weighted by Gasteiger charge is -2.28. The van der Waals surface area contributed by atoms with Gasteiger partial charge in [0.25, 0.3) is 0 Å². The normalized spacial score (nSPS) is 11.8. The lowest BCUT2D eigenvalue weighted by Crippen LogP contribution is -2.10. The molecule has 0 fully saturated rings. The van der Waals surface area contributed by atoms with Crippen LogP contribution in [0.3, 0.4) is 0 Å². The second-order valence-electron chi connectivity index (χ2n) is 17.7. The zero-order chi connectivity index (χ0) is 44.7. The Bertz CT molecular complexity index is 4250. The van der Waals surface area contributed by atoms with Gasteiger partial charge in [0.15, 0.2) is 0 Å². The molecule has 0 N–H and O–H groups in total. The van der Waals surface area contributed by atoms with Crippen LogP contribution in [0.1, 0.15) is 0 Å². The first-order chi connectivity index (χ1) is 33.7. The number of hydrogen-bond donors (Lipinski definition) is 0. The van der Waals surface area contributed by atoms with Gasteiger partial charge in [0.2, 0.25) is 0 Å². The summed E-state index contributed by atoms with van der Waals surface area (Å²) in [7, 11) is 0. The average molecular weight is 868 g/mol. The summed E-state index contributed by atoms with van der Waals surface area (Å²) in [5, 5.41) is 9.51. The summed E-state index contributed by atoms with van der Waals surface area (Å²) in [4.78, 5) is 2.41. The van der Waals surface area contributed by atoms with E-state index in [1.165, 1.54) is 65.7 Å². The Morgan fingerprint density at radius 1 is 0.279 bits per heavy atom. The summed E-state index contributed by atoms with van der Waals surface area (Å²) in [6, 6.07) is 90.0. The highest BCUT2D eigenvalue weighted by Crippen LogP contribution is 2.45. The van der Waals surface area contributed by atoms with Crippen LogP contribution in [0.2, 0.25) is 0 Å². The summed E-state index contributed by atoms with van der Waals surface area (Å²) in [5.41, 5.74) is 16.8. The Kier molecular flexibility index (Phi) is 8.55. The van der Waals surface area contributed by atoms with Crippen molar-refractivity contribution in [1.82, 2.24) is 9.13 Å². The molecule has 0 unspecified atom stereocenters. The van der Waals surface area contributed by atoms with E-state index in [1.807, 2.05) is 12.1 Å². The van der Waals surface area contributed by atoms with E-state index < -0.39 is 0 Å². The van der Waals surface area contributed by atoms with E-state index in [1.54, 1.807) is 0 Å². The van der Waals surface area contributed by atoms with Crippen molar-refractivity contribution in [3.05, 3.63) is 249 Å². The third kappa shape index (κ3) is 5.94. The molecule has 0 saturated carbocycles. The number of fused-ring (bicyclic) bond motifs is 10. The number of para-hydroxylation sites is 5. The molecule has 0 atom stereocenters. The predicted octanol–water partition coefficient (Wildman–Crippen LogP) is 17.7. The van der Waals surface area contributed by atoms with E-state index in [2.05, 4.69) is 251 Å². The van der Waals surface area contributed by atoms with Crippen molar-refractivity contribution in [2.45, 2.75) is 0 Å². The smallest absolute Gasteiger partial charge is 0.135 e. The van der Waals surface area contributed by atoms with Gasteiger partial charge < -0.3 is 18.5 Å². The van der Waals surface area contributed by atoms with Gasteiger partial charge in [-0.15, -0.1) is 0 Å². The monoisotopic (exact) mass is 867 g/mol. The van der Waals surface area contributed by atoms with Gasteiger partial charge in [-0.05, 0) is 125 Å². The van der Waals surface area contributed by atoms with Gasteiger partial charge in [-0.3, -0.25) is 0 Å². The van der Waals surface area contributed by atoms with Crippen LogP contribution in [0, 0.1) is 0 Å². The highest BCUT2D eigenvalue weighted by atomic mass is 16.3. The van der Waals surface area contributed by atoms with E-state index in [4.69, 9.17) is 4.42 Å². The molecule has 0 aliphatic rings. The molecule has 3 heterocycles. The molecule has 0 radical (unpaired) electrons. The number of rotatable bonds is 7. The zero-order valence-corrected chi connectivity index (χ0v) is 36.9. The highest BCUT2D eigenvalue weighted by molar-refractivity contribution is 6.14. The first-order valence-corrected chi connectivity index (χ1v) is 23.2. The fraction of sp³-hybridized carbons (Fsp3) is 0. The molecule has 0 saturated heterocycles. The summed E-state index contributed by atoms with van der Waals surface area (Å²) in [5.74, 6) is 0. The molecule has 0 bridgehead atoms. The van der Waals surface area contributed by atoms with Crippen molar-refractivity contribution in [2.75, 3.05) is 4.90 Å². The molecule has 3 aromatic heterocycles. The highest BCUT2D eigenvalue weighted by Gasteiger charge is 2.21. The Hall–Kier alpha value is -9.12. The van der Waals surface area contributed by atoms with Gasteiger partial charge in [-0.2, -0.15) is 0 Å². The van der Waals surface area contributed by atoms with Crippen molar-refractivity contribution in [3.63, 3.8) is 0 Å². The molecule has 14 rings (SSSR count). The average Bonchev–Trinajstić information content (AvgIpc) is 4.06. The lowest BCUT2D eigenvalue weighted by atomic mass is 9.95. The van der Waals surface area contributed by atoms with Crippen LogP contribution in [-0.4, -0.2) is 9.13 Å². The fourth-order valence-electron chi connectivity index (χ4n) is 10.8. The number of anilines is 3. The van der Waals surface area contributed by atoms with Crippen LogP contribution in [0.15, 0.2) is 253 Å². The van der Waals surface area contributed by atoms with Crippen molar-refractivity contribution in [1.29, 1.82) is 0 Å². The second kappa shape index (κ2) is 15.2. The number of furan rings is 1. The van der Waals surface area contributed by atoms with Gasteiger partial charge in [0.1, 0.15) is 11.2 Å². The SMILES string of the molecule is c1ccc(-n2c3ccccc3c3cc(-c4ccc(N(c5ccc6oc7ccccc7c6c5)c5ccc(-c6ccc7c8ccccc8n(-c8ccccc8)c7c6)c6ccccc56)cc4)ccc32)cc1. The third-order valence-corrected chi connectivity index (χ3v) is 13.9. The van der Waals surface area contributed by atoms with E-state index in [9.17, 15) is 0 Å². The third-order valence-electron chi connectivity index (χ3n) is 13.9. The van der Waals surface area contributed by atoms with Gasteiger partial charge in [0.05, 0.1) is 27.8 Å². The molecule has 0 spiro atoms. The molecule has 14 aromatic rings. The van der Waals surface area contributed by atoms with Gasteiger partial charge in [-0.25, -0.2) is 0 Å². The van der Waals surface area contributed by atoms with Gasteiger partial charge in [0, 0.05) is 60.5 Å². The number of nitrogens with zero attached hydrogens (tertiary/aromatic N) is 3. The van der Waals surface area contributed by atoms with Gasteiger partial charge >= 0.3 is 0 Å². The molecular formula is C64H41N3O. The van der Waals surface area contributed by atoms with E-state index in [0.717, 1.165) is 61.3 Å². The molecular weight excluding hydrogens is 827 g/mol. The van der Waals surface area contributed by atoms with Crippen molar-refractivity contribution >= 4 is 93.4 Å². The standard InChI is InChI=1S/C64H41N3O/c1-3-15-45(16-4-1)66-59-25-13-10-22-53(59)56-39-43(30-36-61(56)66)42-27-31-47(32-28-42)65(48-33-38-64-57(41-48)55-23-11-14-26-63(55)68-64)60-37-35-49(50-19-7-8-20-51(50)60)44-29-34-54-52-21-9-12-24-58(52)67(62(54)40-44)46-17-5-2-6-18-46/h1-41H. The summed E-state index contributed by atoms with van der Waals surface area (Å²) < 4.78 is 11.1. The van der Waals surface area contributed by atoms with Crippen molar-refractivity contribution < 1.29 is 4.42 Å². The van der Waals surface area contributed by atoms with E-state index in [0.29, 0.717) is 0 Å². The molecule has 0 aliphatic heterocycles. The largest absolute Gasteiger partial charge is 0.456 e. The van der Waals surface area contributed by atoms with Crippen molar-refractivity contribution in [2.24, 2.45) is 0 Å². The zero-order valence-electron chi connectivity index (χ0n) is 36.9. The van der Waals surface area contributed by atoms with Gasteiger partial charge in [-0.1, -0.05) is 152 Å². The second-order valence-corrected chi connectivity index (χ2v) is 17.7. The van der Waals surface area contributed by atoms with E-state index >= 15 is 0 Å². The molecule has 0 amide bonds.